The Morgan fingerprint density at radius 3 is 2.60 bits per heavy atom. The molecule has 5 rings (SSSR count). The topological polar surface area (TPSA) is 103 Å². The normalized spacial score (nSPS) is 17.0. The number of aromatic nitrogens is 3. The Bertz CT molecular complexity index is 1410. The molecule has 0 radical (unpaired) electrons. The number of fused-ring (bicyclic) bond motifs is 1. The number of methoxy groups -OCH3 is 1. The second-order valence-corrected chi connectivity index (χ2v) is 8.48. The van der Waals surface area contributed by atoms with Gasteiger partial charge in [0, 0.05) is 28.3 Å². The average Bonchev–Trinajstić information content (AvgIpc) is 3.38. The van der Waals surface area contributed by atoms with Crippen LogP contribution in [0.3, 0.4) is 0 Å². The van der Waals surface area contributed by atoms with Gasteiger partial charge in [-0.25, -0.2) is 4.68 Å². The lowest BCUT2D eigenvalue weighted by Gasteiger charge is -2.39. The van der Waals surface area contributed by atoms with Gasteiger partial charge in [0.25, 0.3) is 11.6 Å². The van der Waals surface area contributed by atoms with E-state index in [2.05, 4.69) is 10.1 Å². The maximum absolute atomic E-state index is 13.8. The van der Waals surface area contributed by atoms with Gasteiger partial charge < -0.3 is 4.74 Å². The number of hydrogen-bond donors (Lipinski definition) is 0. The van der Waals surface area contributed by atoms with Gasteiger partial charge >= 0.3 is 0 Å². The van der Waals surface area contributed by atoms with Crippen molar-refractivity contribution in [2.24, 2.45) is 0 Å². The Balaban J connectivity index is 1.66. The molecule has 35 heavy (non-hydrogen) atoms. The van der Waals surface area contributed by atoms with Crippen LogP contribution in [0.25, 0.3) is 0 Å². The zero-order chi connectivity index (χ0) is 24.5. The highest BCUT2D eigenvalue weighted by molar-refractivity contribution is 6.30. The number of amides is 1. The van der Waals surface area contributed by atoms with Gasteiger partial charge in [0.2, 0.25) is 5.95 Å². The zero-order valence-electron chi connectivity index (χ0n) is 18.6. The van der Waals surface area contributed by atoms with E-state index in [-0.39, 0.29) is 17.3 Å². The third kappa shape index (κ3) is 4.10. The van der Waals surface area contributed by atoms with E-state index in [0.29, 0.717) is 23.1 Å². The van der Waals surface area contributed by atoms with Crippen molar-refractivity contribution in [1.29, 1.82) is 0 Å². The first kappa shape index (κ1) is 22.5. The number of carbonyl (C=O) groups is 1. The van der Waals surface area contributed by atoms with Gasteiger partial charge in [-0.2, -0.15) is 10.1 Å². The molecule has 0 fully saturated rings. The van der Waals surface area contributed by atoms with E-state index in [1.807, 2.05) is 36.4 Å². The second kappa shape index (κ2) is 9.19. The predicted octanol–water partition coefficient (Wildman–Crippen LogP) is 5.23. The fourth-order valence-electron chi connectivity index (χ4n) is 4.49. The molecule has 0 spiro atoms. The summed E-state index contributed by atoms with van der Waals surface area (Å²) in [6, 6.07) is 19.9. The van der Waals surface area contributed by atoms with E-state index in [0.717, 1.165) is 11.1 Å². The van der Waals surface area contributed by atoms with E-state index in [4.69, 9.17) is 16.3 Å². The lowest BCUT2D eigenvalue weighted by atomic mass is 9.91. The summed E-state index contributed by atoms with van der Waals surface area (Å²) < 4.78 is 7.30. The van der Waals surface area contributed by atoms with E-state index in [1.54, 1.807) is 34.9 Å². The highest BCUT2D eigenvalue weighted by Crippen LogP contribution is 2.44. The number of nitro groups is 1. The van der Waals surface area contributed by atoms with Gasteiger partial charge in [0.15, 0.2) is 0 Å². The fraction of sp³-hybridized carbons (Fsp3) is 0.160. The summed E-state index contributed by atoms with van der Waals surface area (Å²) in [4.78, 5) is 30.6. The Labute approximate surface area is 205 Å². The van der Waals surface area contributed by atoms with Crippen LogP contribution in [0.2, 0.25) is 5.02 Å². The molecule has 0 unspecified atom stereocenters. The van der Waals surface area contributed by atoms with Gasteiger partial charge in [-0.3, -0.25) is 19.8 Å². The average molecular weight is 490 g/mol. The number of para-hydroxylation sites is 1. The van der Waals surface area contributed by atoms with Crippen molar-refractivity contribution in [2.75, 3.05) is 12.0 Å². The largest absolute Gasteiger partial charge is 0.496 e. The summed E-state index contributed by atoms with van der Waals surface area (Å²) in [5, 5.41) is 16.3. The molecule has 0 N–H and O–H groups in total. The van der Waals surface area contributed by atoms with Crippen LogP contribution in [0.15, 0.2) is 79.1 Å². The standard InChI is InChI=1S/C25H20ClN5O4/c1-35-23-8-3-2-7-20(23)22-14-21(16-9-11-18(26)12-10-16)29(25-27-15-28-30(22)25)24(32)17-5-4-6-19(13-17)31(33)34/h2-13,15,21-22H,14H2,1H3/t21-,22+/m0/s1. The smallest absolute Gasteiger partial charge is 0.270 e. The summed E-state index contributed by atoms with van der Waals surface area (Å²) in [6.07, 6.45) is 1.87. The molecule has 1 aliphatic rings. The van der Waals surface area contributed by atoms with Crippen molar-refractivity contribution in [3.05, 3.63) is 111 Å². The van der Waals surface area contributed by atoms with Crippen molar-refractivity contribution in [3.8, 4) is 5.75 Å². The van der Waals surface area contributed by atoms with Gasteiger partial charge in [-0.15, -0.1) is 0 Å². The van der Waals surface area contributed by atoms with Crippen LogP contribution < -0.4 is 9.64 Å². The van der Waals surface area contributed by atoms with Crippen molar-refractivity contribution in [3.63, 3.8) is 0 Å². The molecule has 2 atom stereocenters. The summed E-state index contributed by atoms with van der Waals surface area (Å²) >= 11 is 6.13. The Kier molecular flexibility index (Phi) is 5.92. The monoisotopic (exact) mass is 489 g/mol. The minimum atomic E-state index is -0.524. The fourth-order valence-corrected chi connectivity index (χ4v) is 4.61. The number of halogens is 1. The number of ether oxygens (including phenoxy) is 1. The van der Waals surface area contributed by atoms with Crippen LogP contribution in [0.4, 0.5) is 11.6 Å². The van der Waals surface area contributed by atoms with Crippen molar-refractivity contribution in [1.82, 2.24) is 14.8 Å². The molecule has 0 aliphatic carbocycles. The molecule has 1 amide bonds. The van der Waals surface area contributed by atoms with Gasteiger partial charge in [-0.05, 0) is 36.2 Å². The third-order valence-electron chi connectivity index (χ3n) is 6.10. The first-order chi connectivity index (χ1) is 17.0. The summed E-state index contributed by atoms with van der Waals surface area (Å²) in [5.74, 6) is 0.622. The molecule has 0 saturated heterocycles. The minimum absolute atomic E-state index is 0.163. The Morgan fingerprint density at radius 2 is 1.86 bits per heavy atom. The van der Waals surface area contributed by atoms with Gasteiger partial charge in [0.1, 0.15) is 12.1 Å². The summed E-state index contributed by atoms with van der Waals surface area (Å²) in [6.45, 7) is 0. The van der Waals surface area contributed by atoms with E-state index in [9.17, 15) is 14.9 Å². The Morgan fingerprint density at radius 1 is 1.09 bits per heavy atom. The number of carbonyl (C=O) groups excluding carboxylic acids is 1. The maximum Gasteiger partial charge on any atom is 0.270 e. The van der Waals surface area contributed by atoms with E-state index in [1.165, 1.54) is 24.5 Å². The molecular weight excluding hydrogens is 470 g/mol. The number of nitro benzene ring substituents is 1. The predicted molar refractivity (Wildman–Crippen MR) is 130 cm³/mol. The highest BCUT2D eigenvalue weighted by Gasteiger charge is 2.40. The summed E-state index contributed by atoms with van der Waals surface area (Å²) in [5.41, 5.74) is 1.78. The SMILES string of the molecule is COc1ccccc1[C@H]1C[C@@H](c2ccc(Cl)cc2)N(C(=O)c2cccc([N+](=O)[O-])c2)c2ncnn21. The van der Waals surface area contributed by atoms with Crippen molar-refractivity contribution in [2.45, 2.75) is 18.5 Å². The molecule has 0 bridgehead atoms. The molecule has 10 heteroatoms. The lowest BCUT2D eigenvalue weighted by molar-refractivity contribution is -0.384. The van der Waals surface area contributed by atoms with Gasteiger partial charge in [0.05, 0.1) is 24.1 Å². The van der Waals surface area contributed by atoms with E-state index < -0.39 is 16.9 Å². The van der Waals surface area contributed by atoms with Crippen LogP contribution >= 0.6 is 11.6 Å². The van der Waals surface area contributed by atoms with Crippen molar-refractivity contribution < 1.29 is 14.5 Å². The molecule has 4 aromatic rings. The molecule has 176 valence electrons. The molecule has 9 nitrogen and oxygen atoms in total. The second-order valence-electron chi connectivity index (χ2n) is 8.05. The number of benzene rings is 3. The number of hydrogen-bond acceptors (Lipinski definition) is 6. The quantitative estimate of drug-likeness (QED) is 0.281. The molecule has 3 aromatic carbocycles. The van der Waals surface area contributed by atoms with Crippen LogP contribution in [-0.2, 0) is 0 Å². The lowest BCUT2D eigenvalue weighted by Crippen LogP contribution is -2.42. The highest BCUT2D eigenvalue weighted by atomic mass is 35.5. The molecule has 0 saturated carbocycles. The van der Waals surface area contributed by atoms with E-state index >= 15 is 0 Å². The van der Waals surface area contributed by atoms with Crippen LogP contribution in [0, 0.1) is 10.1 Å². The number of nitrogens with zero attached hydrogens (tertiary/aromatic N) is 5. The van der Waals surface area contributed by atoms with Crippen LogP contribution in [0.1, 0.15) is 40.0 Å². The first-order valence-electron chi connectivity index (χ1n) is 10.8. The maximum atomic E-state index is 13.8. The summed E-state index contributed by atoms with van der Waals surface area (Å²) in [7, 11) is 1.61. The number of non-ortho nitro benzene ring substituents is 1. The number of rotatable bonds is 5. The zero-order valence-corrected chi connectivity index (χ0v) is 19.4. The van der Waals surface area contributed by atoms with Gasteiger partial charge in [-0.1, -0.05) is 48.0 Å². The Hall–Kier alpha value is -4.24. The van der Waals surface area contributed by atoms with Crippen LogP contribution in [0.5, 0.6) is 5.75 Å². The number of anilines is 1. The molecular formula is C25H20ClN5O4. The first-order valence-corrected chi connectivity index (χ1v) is 11.2. The molecule has 1 aliphatic heterocycles. The third-order valence-corrected chi connectivity index (χ3v) is 6.35. The van der Waals surface area contributed by atoms with Crippen LogP contribution in [-0.4, -0.2) is 32.7 Å². The molecule has 1 aromatic heterocycles. The minimum Gasteiger partial charge on any atom is -0.496 e. The van der Waals surface area contributed by atoms with Crippen molar-refractivity contribution >= 4 is 29.1 Å². The molecule has 2 heterocycles.